The minimum absolute atomic E-state index is 0.373. The second-order valence-corrected chi connectivity index (χ2v) is 6.07. The molecule has 1 unspecified atom stereocenters. The Morgan fingerprint density at radius 1 is 1.17 bits per heavy atom. The summed E-state index contributed by atoms with van der Waals surface area (Å²) in [6.45, 7) is 0. The van der Waals surface area contributed by atoms with Crippen LogP contribution in [0.15, 0.2) is 22.7 Å². The van der Waals surface area contributed by atoms with Crippen LogP contribution < -0.4 is 5.73 Å². The molecule has 7 heteroatoms. The third-order valence-electron chi connectivity index (χ3n) is 2.33. The Balaban J connectivity index is 2.49. The fourth-order valence-corrected chi connectivity index (χ4v) is 3.26. The van der Waals surface area contributed by atoms with Crippen LogP contribution in [-0.4, -0.2) is 0 Å². The van der Waals surface area contributed by atoms with Gasteiger partial charge in [-0.05, 0) is 22.0 Å². The Morgan fingerprint density at radius 3 is 2.17 bits per heavy atom. The first kappa shape index (κ1) is 13.9. The Labute approximate surface area is 119 Å². The van der Waals surface area contributed by atoms with Gasteiger partial charge >= 0.3 is 0 Å². The van der Waals surface area contributed by atoms with Crippen molar-refractivity contribution < 1.29 is 13.2 Å². The molecular formula is C11H6BrClF3NS. The largest absolute Gasteiger partial charge is 0.319 e. The second kappa shape index (κ2) is 5.21. The Hall–Kier alpha value is -0.560. The van der Waals surface area contributed by atoms with Crippen LogP contribution in [0.5, 0.6) is 0 Å². The fourth-order valence-electron chi connectivity index (χ4n) is 1.51. The van der Waals surface area contributed by atoms with Crippen molar-refractivity contribution in [3.63, 3.8) is 0 Å². The van der Waals surface area contributed by atoms with Crippen LogP contribution in [0, 0.1) is 17.5 Å². The lowest BCUT2D eigenvalue weighted by atomic mass is 10.0. The van der Waals surface area contributed by atoms with Gasteiger partial charge in [0.25, 0.3) is 0 Å². The molecule has 2 aromatic rings. The van der Waals surface area contributed by atoms with E-state index in [4.69, 9.17) is 17.3 Å². The topological polar surface area (TPSA) is 26.0 Å². The van der Waals surface area contributed by atoms with Gasteiger partial charge in [-0.1, -0.05) is 11.6 Å². The molecule has 0 radical (unpaired) electrons. The number of hydrogen-bond donors (Lipinski definition) is 1. The summed E-state index contributed by atoms with van der Waals surface area (Å²) in [5.41, 5.74) is 5.41. The molecule has 1 heterocycles. The molecule has 0 saturated heterocycles. The van der Waals surface area contributed by atoms with Crippen LogP contribution in [0.3, 0.4) is 0 Å². The molecule has 96 valence electrons. The highest BCUT2D eigenvalue weighted by Gasteiger charge is 2.22. The molecule has 1 aromatic carbocycles. The van der Waals surface area contributed by atoms with Crippen molar-refractivity contribution in [2.24, 2.45) is 5.73 Å². The molecule has 0 bridgehead atoms. The number of thiophene rings is 1. The van der Waals surface area contributed by atoms with Crippen LogP contribution in [0.4, 0.5) is 13.2 Å². The van der Waals surface area contributed by atoms with Gasteiger partial charge in [0.1, 0.15) is 21.8 Å². The minimum atomic E-state index is -1.03. The highest BCUT2D eigenvalue weighted by atomic mass is 79.9. The first-order valence-electron chi connectivity index (χ1n) is 4.75. The van der Waals surface area contributed by atoms with E-state index in [1.165, 1.54) is 0 Å². The van der Waals surface area contributed by atoms with Crippen LogP contribution in [-0.2, 0) is 0 Å². The van der Waals surface area contributed by atoms with E-state index in [9.17, 15) is 13.2 Å². The third-order valence-corrected chi connectivity index (χ3v) is 4.88. The van der Waals surface area contributed by atoms with Crippen molar-refractivity contribution >= 4 is 38.9 Å². The molecule has 0 spiro atoms. The van der Waals surface area contributed by atoms with Crippen molar-refractivity contribution in [3.05, 3.63) is 54.9 Å². The van der Waals surface area contributed by atoms with Gasteiger partial charge in [-0.2, -0.15) is 0 Å². The highest BCUT2D eigenvalue weighted by molar-refractivity contribution is 9.10. The molecule has 2 rings (SSSR count). The first-order valence-corrected chi connectivity index (χ1v) is 6.73. The van der Waals surface area contributed by atoms with Gasteiger partial charge in [-0.15, -0.1) is 11.3 Å². The standard InChI is InChI=1S/C11H6BrClF3NS/c12-5-3-8(18-11(5)13)10(17)9-6(15)1-4(14)2-7(9)16/h1-3,10H,17H2. The predicted octanol–water partition coefficient (Wildman–Crippen LogP) is 4.63. The Morgan fingerprint density at radius 2 is 1.72 bits per heavy atom. The van der Waals surface area contributed by atoms with Gasteiger partial charge in [-0.25, -0.2) is 13.2 Å². The molecule has 2 N–H and O–H groups in total. The van der Waals surface area contributed by atoms with Crippen molar-refractivity contribution in [2.45, 2.75) is 6.04 Å². The number of halogens is 5. The zero-order valence-corrected chi connectivity index (χ0v) is 11.8. The van der Waals surface area contributed by atoms with Crippen LogP contribution in [0.1, 0.15) is 16.5 Å². The normalized spacial score (nSPS) is 12.8. The molecule has 0 fully saturated rings. The lowest BCUT2D eigenvalue weighted by Gasteiger charge is -2.12. The van der Waals surface area contributed by atoms with Gasteiger partial charge in [0, 0.05) is 27.0 Å². The van der Waals surface area contributed by atoms with E-state index in [-0.39, 0.29) is 5.56 Å². The number of hydrogen-bond acceptors (Lipinski definition) is 2. The summed E-state index contributed by atoms with van der Waals surface area (Å²) in [5.74, 6) is -3.01. The summed E-state index contributed by atoms with van der Waals surface area (Å²) in [6, 6.07) is 1.75. The summed E-state index contributed by atoms with van der Waals surface area (Å²) in [6.07, 6.45) is 0. The minimum Gasteiger partial charge on any atom is -0.319 e. The molecule has 0 amide bonds. The van der Waals surface area contributed by atoms with Crippen molar-refractivity contribution in [1.29, 1.82) is 0 Å². The van der Waals surface area contributed by atoms with E-state index < -0.39 is 23.5 Å². The van der Waals surface area contributed by atoms with Crippen molar-refractivity contribution in [1.82, 2.24) is 0 Å². The number of benzene rings is 1. The third kappa shape index (κ3) is 2.56. The molecule has 0 saturated carbocycles. The molecule has 18 heavy (non-hydrogen) atoms. The van der Waals surface area contributed by atoms with Crippen molar-refractivity contribution in [2.75, 3.05) is 0 Å². The lowest BCUT2D eigenvalue weighted by Crippen LogP contribution is -2.14. The maximum Gasteiger partial charge on any atom is 0.134 e. The van der Waals surface area contributed by atoms with Crippen LogP contribution in [0.25, 0.3) is 0 Å². The van der Waals surface area contributed by atoms with Gasteiger partial charge in [0.15, 0.2) is 0 Å². The number of nitrogens with two attached hydrogens (primary N) is 1. The van der Waals surface area contributed by atoms with Crippen molar-refractivity contribution in [3.8, 4) is 0 Å². The molecule has 1 nitrogen and oxygen atoms in total. The van der Waals surface area contributed by atoms with Crippen LogP contribution >= 0.6 is 38.9 Å². The summed E-state index contributed by atoms with van der Waals surface area (Å²) in [4.78, 5) is 0.483. The molecule has 0 aliphatic rings. The quantitative estimate of drug-likeness (QED) is 0.834. The SMILES string of the molecule is NC(c1cc(Br)c(Cl)s1)c1c(F)cc(F)cc1F. The zero-order valence-electron chi connectivity index (χ0n) is 8.68. The van der Waals surface area contributed by atoms with E-state index in [0.29, 0.717) is 25.8 Å². The summed E-state index contributed by atoms with van der Waals surface area (Å²) in [5, 5.41) is 0. The second-order valence-electron chi connectivity index (χ2n) is 3.53. The summed E-state index contributed by atoms with van der Waals surface area (Å²) >= 11 is 10.1. The lowest BCUT2D eigenvalue weighted by molar-refractivity contribution is 0.516. The van der Waals surface area contributed by atoms with E-state index in [0.717, 1.165) is 11.3 Å². The van der Waals surface area contributed by atoms with Gasteiger partial charge < -0.3 is 5.73 Å². The maximum atomic E-state index is 13.6. The summed E-state index contributed by atoms with van der Waals surface area (Å²) < 4.78 is 40.9. The molecule has 0 aliphatic heterocycles. The van der Waals surface area contributed by atoms with E-state index in [1.54, 1.807) is 6.07 Å². The van der Waals surface area contributed by atoms with Gasteiger partial charge in [-0.3, -0.25) is 0 Å². The molecule has 1 atom stereocenters. The smallest absolute Gasteiger partial charge is 0.134 e. The monoisotopic (exact) mass is 355 g/mol. The van der Waals surface area contributed by atoms with E-state index in [1.807, 2.05) is 0 Å². The Bertz CT molecular complexity index is 559. The van der Waals surface area contributed by atoms with Gasteiger partial charge in [0.2, 0.25) is 0 Å². The molecule has 1 aromatic heterocycles. The average Bonchev–Trinajstić information content (AvgIpc) is 2.57. The predicted molar refractivity (Wildman–Crippen MR) is 69.4 cm³/mol. The van der Waals surface area contributed by atoms with E-state index in [2.05, 4.69) is 15.9 Å². The molecule has 0 aliphatic carbocycles. The average molecular weight is 357 g/mol. The fraction of sp³-hybridized carbons (Fsp3) is 0.0909. The highest BCUT2D eigenvalue weighted by Crippen LogP contribution is 2.37. The summed E-state index contributed by atoms with van der Waals surface area (Å²) in [7, 11) is 0. The van der Waals surface area contributed by atoms with Crippen LogP contribution in [0.2, 0.25) is 4.34 Å². The van der Waals surface area contributed by atoms with E-state index >= 15 is 0 Å². The number of rotatable bonds is 2. The zero-order chi connectivity index (χ0) is 13.4. The Kier molecular flexibility index (Phi) is 4.01. The maximum absolute atomic E-state index is 13.6. The molecular weight excluding hydrogens is 351 g/mol. The first-order chi connectivity index (χ1) is 8.40. The van der Waals surface area contributed by atoms with Gasteiger partial charge in [0.05, 0.1) is 6.04 Å².